The number of nitrogens with one attached hydrogen (secondary N) is 1. The quantitative estimate of drug-likeness (QED) is 0.718. The molecule has 104 valence electrons. The second-order valence-corrected chi connectivity index (χ2v) is 4.89. The van der Waals surface area contributed by atoms with Gasteiger partial charge in [0.25, 0.3) is 0 Å². The van der Waals surface area contributed by atoms with Crippen LogP contribution in [-0.2, 0) is 9.59 Å². The van der Waals surface area contributed by atoms with E-state index in [1.165, 1.54) is 0 Å². The zero-order chi connectivity index (χ0) is 14.5. The molecule has 0 aliphatic rings. The lowest BCUT2D eigenvalue weighted by molar-refractivity contribution is -0.139. The number of rotatable bonds is 6. The summed E-state index contributed by atoms with van der Waals surface area (Å²) in [5.41, 5.74) is 5.58. The molecule has 0 bridgehead atoms. The normalized spacial score (nSPS) is 10.9. The highest BCUT2D eigenvalue weighted by Crippen LogP contribution is 2.24. The molecule has 1 aromatic carbocycles. The van der Waals surface area contributed by atoms with Crippen LogP contribution in [-0.4, -0.2) is 29.1 Å². The van der Waals surface area contributed by atoms with E-state index in [4.69, 9.17) is 15.6 Å². The van der Waals surface area contributed by atoms with Gasteiger partial charge in [0.1, 0.15) is 5.75 Å². The first-order valence-electron chi connectivity index (χ1n) is 5.80. The Balaban J connectivity index is 2.72. The zero-order valence-corrected chi connectivity index (χ0v) is 11.0. The summed E-state index contributed by atoms with van der Waals surface area (Å²) in [6.07, 6.45) is 0.153. The molecule has 0 spiro atoms. The van der Waals surface area contributed by atoms with Crippen LogP contribution in [0.5, 0.6) is 5.75 Å². The van der Waals surface area contributed by atoms with Crippen molar-refractivity contribution in [1.82, 2.24) is 0 Å². The lowest BCUT2D eigenvalue weighted by Gasteiger charge is -2.18. The number of anilines is 1. The maximum Gasteiger partial charge on any atom is 0.341 e. The lowest BCUT2D eigenvalue weighted by atomic mass is 10.0. The molecule has 0 unspecified atom stereocenters. The number of para-hydroxylation sites is 2. The largest absolute Gasteiger partial charge is 0.480 e. The van der Waals surface area contributed by atoms with Gasteiger partial charge in [0.2, 0.25) is 5.91 Å². The number of carbonyl (C=O) groups excluding carboxylic acids is 1. The monoisotopic (exact) mass is 266 g/mol. The molecule has 0 saturated heterocycles. The number of amides is 1. The number of benzene rings is 1. The molecule has 0 aliphatic heterocycles. The van der Waals surface area contributed by atoms with Crippen LogP contribution in [0.2, 0.25) is 0 Å². The molecule has 6 heteroatoms. The predicted molar refractivity (Wildman–Crippen MR) is 71.1 cm³/mol. The number of hydrogen-bond acceptors (Lipinski definition) is 4. The molecule has 1 amide bonds. The Hall–Kier alpha value is -2.08. The van der Waals surface area contributed by atoms with Crippen molar-refractivity contribution in [3.05, 3.63) is 24.3 Å². The Morgan fingerprint density at radius 1 is 1.37 bits per heavy atom. The number of carboxylic acid groups (broad SMARTS) is 1. The first-order valence-corrected chi connectivity index (χ1v) is 5.80. The summed E-state index contributed by atoms with van der Waals surface area (Å²) in [4.78, 5) is 22.2. The van der Waals surface area contributed by atoms with Gasteiger partial charge in [-0.05, 0) is 26.0 Å². The fourth-order valence-corrected chi connectivity index (χ4v) is 1.44. The summed E-state index contributed by atoms with van der Waals surface area (Å²) in [6, 6.07) is 6.64. The van der Waals surface area contributed by atoms with Gasteiger partial charge in [-0.2, -0.15) is 0 Å². The van der Waals surface area contributed by atoms with Gasteiger partial charge in [-0.3, -0.25) is 4.79 Å². The van der Waals surface area contributed by atoms with Gasteiger partial charge in [-0.1, -0.05) is 12.1 Å². The van der Waals surface area contributed by atoms with Gasteiger partial charge in [-0.15, -0.1) is 0 Å². The van der Waals surface area contributed by atoms with E-state index in [1.54, 1.807) is 38.1 Å². The van der Waals surface area contributed by atoms with E-state index in [1.807, 2.05) is 0 Å². The molecule has 0 atom stereocenters. The van der Waals surface area contributed by atoms with Crippen molar-refractivity contribution in [2.75, 3.05) is 11.9 Å². The third-order valence-corrected chi connectivity index (χ3v) is 2.13. The van der Waals surface area contributed by atoms with Crippen molar-refractivity contribution in [2.24, 2.45) is 5.73 Å². The Labute approximate surface area is 111 Å². The van der Waals surface area contributed by atoms with Crippen LogP contribution in [0.4, 0.5) is 5.69 Å². The van der Waals surface area contributed by atoms with E-state index < -0.39 is 18.1 Å². The van der Waals surface area contributed by atoms with Crippen LogP contribution in [0.3, 0.4) is 0 Å². The number of carboxylic acids is 1. The second-order valence-electron chi connectivity index (χ2n) is 4.89. The Morgan fingerprint density at radius 2 is 2.00 bits per heavy atom. The Morgan fingerprint density at radius 3 is 2.58 bits per heavy atom. The highest BCUT2D eigenvalue weighted by molar-refractivity contribution is 5.92. The Bertz CT molecular complexity index is 466. The summed E-state index contributed by atoms with van der Waals surface area (Å²) in [6.45, 7) is 3.04. The van der Waals surface area contributed by atoms with E-state index in [-0.39, 0.29) is 12.3 Å². The second kappa shape index (κ2) is 6.19. The minimum atomic E-state index is -1.08. The van der Waals surface area contributed by atoms with E-state index in [2.05, 4.69) is 5.32 Å². The summed E-state index contributed by atoms with van der Waals surface area (Å²) < 4.78 is 5.08. The average Bonchev–Trinajstić information content (AvgIpc) is 2.25. The molecule has 1 rings (SSSR count). The van der Waals surface area contributed by atoms with Crippen LogP contribution in [0, 0.1) is 0 Å². The molecular formula is C13H18N2O4. The maximum atomic E-state index is 11.8. The fraction of sp³-hybridized carbons (Fsp3) is 0.385. The number of hydrogen-bond donors (Lipinski definition) is 3. The third kappa shape index (κ3) is 5.87. The van der Waals surface area contributed by atoms with Gasteiger partial charge in [0.15, 0.2) is 6.61 Å². The smallest absolute Gasteiger partial charge is 0.341 e. The predicted octanol–water partition coefficient (Wildman–Crippen LogP) is 1.22. The molecule has 0 aliphatic carbocycles. The number of carbonyl (C=O) groups is 2. The minimum Gasteiger partial charge on any atom is -0.480 e. The molecule has 0 fully saturated rings. The van der Waals surface area contributed by atoms with Crippen molar-refractivity contribution in [3.8, 4) is 5.75 Å². The van der Waals surface area contributed by atoms with Crippen LogP contribution < -0.4 is 15.8 Å². The molecule has 0 radical (unpaired) electrons. The average molecular weight is 266 g/mol. The van der Waals surface area contributed by atoms with Crippen molar-refractivity contribution >= 4 is 17.6 Å². The molecule has 0 saturated carbocycles. The first kappa shape index (κ1) is 15.0. The molecule has 0 aromatic heterocycles. The molecular weight excluding hydrogens is 248 g/mol. The molecule has 19 heavy (non-hydrogen) atoms. The van der Waals surface area contributed by atoms with Crippen LogP contribution in [0.15, 0.2) is 24.3 Å². The van der Waals surface area contributed by atoms with Gasteiger partial charge in [-0.25, -0.2) is 4.79 Å². The van der Waals surface area contributed by atoms with Crippen molar-refractivity contribution in [2.45, 2.75) is 25.8 Å². The standard InChI is InChI=1S/C13H18N2O4/c1-13(2,14)7-11(16)15-9-5-3-4-6-10(9)19-8-12(17)18/h3-6H,7-8,14H2,1-2H3,(H,15,16)(H,17,18). The summed E-state index contributed by atoms with van der Waals surface area (Å²) in [7, 11) is 0. The minimum absolute atomic E-state index is 0.153. The molecule has 0 heterocycles. The van der Waals surface area contributed by atoms with E-state index in [9.17, 15) is 9.59 Å². The number of nitrogens with two attached hydrogens (primary N) is 1. The van der Waals surface area contributed by atoms with E-state index in [0.717, 1.165) is 0 Å². The maximum absolute atomic E-state index is 11.8. The van der Waals surface area contributed by atoms with E-state index in [0.29, 0.717) is 11.4 Å². The summed E-state index contributed by atoms with van der Waals surface area (Å²) >= 11 is 0. The fourth-order valence-electron chi connectivity index (χ4n) is 1.44. The molecule has 6 nitrogen and oxygen atoms in total. The van der Waals surface area contributed by atoms with Crippen molar-refractivity contribution < 1.29 is 19.4 Å². The van der Waals surface area contributed by atoms with Crippen molar-refractivity contribution in [3.63, 3.8) is 0 Å². The Kier molecular flexibility index (Phi) is 4.88. The number of aliphatic carboxylic acids is 1. The SMILES string of the molecule is CC(C)(N)CC(=O)Nc1ccccc1OCC(=O)O. The third-order valence-electron chi connectivity index (χ3n) is 2.13. The van der Waals surface area contributed by atoms with Crippen LogP contribution >= 0.6 is 0 Å². The van der Waals surface area contributed by atoms with Gasteiger partial charge >= 0.3 is 5.97 Å². The summed E-state index contributed by atoms with van der Waals surface area (Å²) in [5.74, 6) is -1.02. The first-order chi connectivity index (χ1) is 8.78. The number of ether oxygens (including phenoxy) is 1. The molecule has 1 aromatic rings. The highest BCUT2D eigenvalue weighted by Gasteiger charge is 2.17. The zero-order valence-electron chi connectivity index (χ0n) is 11.0. The molecule has 4 N–H and O–H groups in total. The van der Waals surface area contributed by atoms with Gasteiger partial charge in [0, 0.05) is 12.0 Å². The van der Waals surface area contributed by atoms with Crippen molar-refractivity contribution in [1.29, 1.82) is 0 Å². The lowest BCUT2D eigenvalue weighted by Crippen LogP contribution is -2.36. The van der Waals surface area contributed by atoms with E-state index >= 15 is 0 Å². The summed E-state index contributed by atoms with van der Waals surface area (Å²) in [5, 5.41) is 11.2. The van der Waals surface area contributed by atoms with Crippen LogP contribution in [0.25, 0.3) is 0 Å². The highest BCUT2D eigenvalue weighted by atomic mass is 16.5. The topological polar surface area (TPSA) is 102 Å². The van der Waals surface area contributed by atoms with Crippen LogP contribution in [0.1, 0.15) is 20.3 Å². The van der Waals surface area contributed by atoms with Gasteiger partial charge in [0.05, 0.1) is 5.69 Å². The van der Waals surface area contributed by atoms with Gasteiger partial charge < -0.3 is 20.9 Å².